The van der Waals surface area contributed by atoms with Crippen molar-refractivity contribution in [2.24, 2.45) is 0 Å². The molecule has 0 saturated carbocycles. The van der Waals surface area contributed by atoms with Crippen molar-refractivity contribution in [3.05, 3.63) is 59.9 Å². The number of carbonyl (C=O) groups is 1. The number of nitrogens with zero attached hydrogens (tertiary/aromatic N) is 1. The number of alkyl halides is 1. The highest BCUT2D eigenvalue weighted by Gasteiger charge is 2.17. The van der Waals surface area contributed by atoms with Crippen LogP contribution in [0.25, 0.3) is 5.57 Å². The van der Waals surface area contributed by atoms with Crippen LogP contribution in [-0.2, 0) is 11.2 Å². The van der Waals surface area contributed by atoms with Gasteiger partial charge in [0.25, 0.3) is 0 Å². The normalized spacial score (nSPS) is 16.0. The lowest BCUT2D eigenvalue weighted by Gasteiger charge is -2.18. The monoisotopic (exact) mass is 421 g/mol. The van der Waals surface area contributed by atoms with Crippen LogP contribution in [0.3, 0.4) is 0 Å². The molecule has 2 rings (SSSR count). The van der Waals surface area contributed by atoms with Crippen molar-refractivity contribution < 1.29 is 4.79 Å². The third-order valence-corrected chi connectivity index (χ3v) is 3.90. The molecule has 0 atom stereocenters. The van der Waals surface area contributed by atoms with Crippen LogP contribution in [-0.4, -0.2) is 22.4 Å². The fourth-order valence-corrected chi connectivity index (χ4v) is 2.99. The van der Waals surface area contributed by atoms with Crippen LogP contribution in [0.4, 0.5) is 11.5 Å². The predicted molar refractivity (Wildman–Crippen MR) is 106 cm³/mol. The van der Waals surface area contributed by atoms with Gasteiger partial charge in [0.05, 0.1) is 11.9 Å². The molecule has 4 nitrogen and oxygen atoms in total. The van der Waals surface area contributed by atoms with Gasteiger partial charge in [-0.05, 0) is 12.0 Å². The number of rotatable bonds is 5. The zero-order chi connectivity index (χ0) is 16.7. The van der Waals surface area contributed by atoms with Gasteiger partial charge in [-0.15, -0.1) is 0 Å². The zero-order valence-corrected chi connectivity index (χ0v) is 15.4. The van der Waals surface area contributed by atoms with Crippen LogP contribution in [0.2, 0.25) is 0 Å². The van der Waals surface area contributed by atoms with Gasteiger partial charge in [-0.2, -0.15) is 0 Å². The number of halogens is 1. The van der Waals surface area contributed by atoms with Crippen molar-refractivity contribution in [2.75, 3.05) is 22.1 Å². The third kappa shape index (κ3) is 4.54. The Bertz CT molecular complexity index is 702. The molecule has 0 radical (unpaired) electrons. The second-order valence-electron chi connectivity index (χ2n) is 5.00. The Hall–Kier alpha value is -1.89. The number of pyridine rings is 1. The predicted octanol–water partition coefficient (Wildman–Crippen LogP) is 4.12. The second kappa shape index (κ2) is 8.67. The number of carbonyl (C=O) groups excluding carboxylic acids is 1. The Morgan fingerprint density at radius 1 is 1.22 bits per heavy atom. The first-order valence-electron chi connectivity index (χ1n) is 7.42. The molecule has 0 aliphatic heterocycles. The molecule has 1 aromatic rings. The molecule has 120 valence electrons. The Labute approximate surface area is 150 Å². The summed E-state index contributed by atoms with van der Waals surface area (Å²) in [6.07, 6.45) is 16.6. The number of amides is 1. The standard InChI is InChI=1S/C18H20IN3O/c1-13(23)22-16-12-21-18(20-2)15(10-11-19)17(16)14-8-6-4-3-5-7-9-14/h3-9,12H,10-11H2,1-2H3,(H,20,21)(H,22,23)/b4-3-,5-3?,6-4?,7-5-,8-6?,9-7?,14-8?,14-9?. The lowest BCUT2D eigenvalue weighted by atomic mass is 9.95. The van der Waals surface area contributed by atoms with E-state index in [0.717, 1.165) is 39.1 Å². The van der Waals surface area contributed by atoms with E-state index < -0.39 is 0 Å². The number of hydrogen-bond acceptors (Lipinski definition) is 3. The fraction of sp³-hybridized carbons (Fsp3) is 0.222. The van der Waals surface area contributed by atoms with Gasteiger partial charge in [0.1, 0.15) is 5.82 Å². The summed E-state index contributed by atoms with van der Waals surface area (Å²) >= 11 is 2.36. The van der Waals surface area contributed by atoms with Gasteiger partial charge < -0.3 is 10.6 Å². The molecule has 1 aliphatic rings. The smallest absolute Gasteiger partial charge is 0.221 e. The first-order chi connectivity index (χ1) is 11.2. The summed E-state index contributed by atoms with van der Waals surface area (Å²) < 4.78 is 0.970. The van der Waals surface area contributed by atoms with E-state index in [2.05, 4.69) is 50.4 Å². The van der Waals surface area contributed by atoms with Crippen LogP contribution >= 0.6 is 22.6 Å². The van der Waals surface area contributed by atoms with Crippen molar-refractivity contribution in [1.29, 1.82) is 0 Å². The number of allylic oxidation sites excluding steroid dienone is 8. The number of anilines is 2. The van der Waals surface area contributed by atoms with Crippen molar-refractivity contribution in [1.82, 2.24) is 4.98 Å². The molecule has 1 aromatic heterocycles. The van der Waals surface area contributed by atoms with Gasteiger partial charge in [-0.3, -0.25) is 4.79 Å². The molecule has 0 bridgehead atoms. The number of aromatic nitrogens is 1. The van der Waals surface area contributed by atoms with Crippen LogP contribution in [0.1, 0.15) is 18.1 Å². The molecular formula is C18H20IN3O. The van der Waals surface area contributed by atoms with Crippen LogP contribution in [0, 0.1) is 0 Å². The highest BCUT2D eigenvalue weighted by molar-refractivity contribution is 14.1. The van der Waals surface area contributed by atoms with Crippen molar-refractivity contribution in [3.63, 3.8) is 0 Å². The van der Waals surface area contributed by atoms with Crippen LogP contribution < -0.4 is 10.6 Å². The molecule has 0 fully saturated rings. The Morgan fingerprint density at radius 2 is 1.96 bits per heavy atom. The van der Waals surface area contributed by atoms with Crippen molar-refractivity contribution >= 4 is 45.6 Å². The van der Waals surface area contributed by atoms with E-state index in [1.807, 2.05) is 37.4 Å². The van der Waals surface area contributed by atoms with E-state index in [0.29, 0.717) is 0 Å². The van der Waals surface area contributed by atoms with E-state index in [-0.39, 0.29) is 5.91 Å². The Balaban J connectivity index is 2.66. The minimum absolute atomic E-state index is 0.100. The molecule has 5 heteroatoms. The Kier molecular flexibility index (Phi) is 6.58. The lowest BCUT2D eigenvalue weighted by molar-refractivity contribution is -0.114. The minimum Gasteiger partial charge on any atom is -0.373 e. The van der Waals surface area contributed by atoms with E-state index in [1.54, 1.807) is 6.20 Å². The van der Waals surface area contributed by atoms with Crippen LogP contribution in [0.5, 0.6) is 0 Å². The summed E-state index contributed by atoms with van der Waals surface area (Å²) in [5, 5.41) is 6.07. The average Bonchev–Trinajstić information content (AvgIpc) is 2.48. The maximum absolute atomic E-state index is 11.6. The van der Waals surface area contributed by atoms with Gasteiger partial charge in [0.2, 0.25) is 5.91 Å². The average molecular weight is 421 g/mol. The molecule has 1 amide bonds. The van der Waals surface area contributed by atoms with Gasteiger partial charge in [-0.1, -0.05) is 65.1 Å². The Morgan fingerprint density at radius 3 is 2.65 bits per heavy atom. The molecule has 1 aliphatic carbocycles. The third-order valence-electron chi connectivity index (χ3n) is 3.36. The molecule has 0 aromatic carbocycles. The topological polar surface area (TPSA) is 54.0 Å². The number of hydrogen-bond donors (Lipinski definition) is 2. The zero-order valence-electron chi connectivity index (χ0n) is 13.3. The summed E-state index contributed by atoms with van der Waals surface area (Å²) in [5.41, 5.74) is 3.92. The van der Waals surface area contributed by atoms with E-state index in [9.17, 15) is 4.79 Å². The van der Waals surface area contributed by atoms with Crippen LogP contribution in [0.15, 0.2) is 48.7 Å². The van der Waals surface area contributed by atoms with Gasteiger partial charge in [-0.25, -0.2) is 4.98 Å². The second-order valence-corrected chi connectivity index (χ2v) is 6.07. The molecule has 2 N–H and O–H groups in total. The first kappa shape index (κ1) is 17.5. The maximum Gasteiger partial charge on any atom is 0.221 e. The summed E-state index contributed by atoms with van der Waals surface area (Å²) in [6.45, 7) is 1.51. The van der Waals surface area contributed by atoms with Gasteiger partial charge in [0, 0.05) is 29.5 Å². The highest BCUT2D eigenvalue weighted by Crippen LogP contribution is 2.33. The summed E-state index contributed by atoms with van der Waals surface area (Å²) in [6, 6.07) is 0. The quantitative estimate of drug-likeness (QED) is 0.556. The van der Waals surface area contributed by atoms with Gasteiger partial charge in [0.15, 0.2) is 0 Å². The van der Waals surface area contributed by atoms with Gasteiger partial charge >= 0.3 is 0 Å². The minimum atomic E-state index is -0.100. The molecule has 23 heavy (non-hydrogen) atoms. The summed E-state index contributed by atoms with van der Waals surface area (Å²) in [4.78, 5) is 16.0. The molecule has 0 saturated heterocycles. The highest BCUT2D eigenvalue weighted by atomic mass is 127. The molecule has 0 spiro atoms. The summed E-state index contributed by atoms with van der Waals surface area (Å²) in [5.74, 6) is 0.748. The summed E-state index contributed by atoms with van der Waals surface area (Å²) in [7, 11) is 1.87. The fourth-order valence-electron chi connectivity index (χ4n) is 2.45. The first-order valence-corrected chi connectivity index (χ1v) is 8.95. The largest absolute Gasteiger partial charge is 0.373 e. The van der Waals surface area contributed by atoms with E-state index in [4.69, 9.17) is 0 Å². The SMILES string of the molecule is CNc1ncc(NC(C)=O)c(C2=C/C=C\C=C/C=C2)c1CCI. The molecular weight excluding hydrogens is 401 g/mol. The molecule has 1 heterocycles. The maximum atomic E-state index is 11.6. The van der Waals surface area contributed by atoms with E-state index >= 15 is 0 Å². The van der Waals surface area contributed by atoms with Crippen molar-refractivity contribution in [3.8, 4) is 0 Å². The van der Waals surface area contributed by atoms with E-state index in [1.165, 1.54) is 6.92 Å². The molecule has 0 unspecified atom stereocenters. The lowest BCUT2D eigenvalue weighted by Crippen LogP contribution is -2.12. The number of nitrogens with one attached hydrogen (secondary N) is 2. The van der Waals surface area contributed by atoms with Crippen molar-refractivity contribution in [2.45, 2.75) is 13.3 Å².